The Bertz CT molecular complexity index is 1160. The molecule has 1 aliphatic rings. The Hall–Kier alpha value is -3.00. The van der Waals surface area contributed by atoms with Crippen molar-refractivity contribution < 1.29 is 9.59 Å². The molecule has 8 nitrogen and oxygen atoms in total. The zero-order valence-electron chi connectivity index (χ0n) is 17.6. The molecular weight excluding hydrogens is 416 g/mol. The van der Waals surface area contributed by atoms with E-state index in [4.69, 9.17) is 17.3 Å². The minimum Gasteiger partial charge on any atom is -0.365 e. The van der Waals surface area contributed by atoms with Crippen LogP contribution in [0.4, 0.5) is 0 Å². The quantitative estimate of drug-likeness (QED) is 0.655. The molecule has 0 radical (unpaired) electrons. The molecule has 3 heterocycles. The van der Waals surface area contributed by atoms with Crippen LogP contribution in [0.3, 0.4) is 0 Å². The molecular formula is C22H25ClN6O2. The van der Waals surface area contributed by atoms with Crippen molar-refractivity contribution in [2.75, 3.05) is 6.54 Å². The number of halogens is 1. The summed E-state index contributed by atoms with van der Waals surface area (Å²) in [6.07, 6.45) is 5.09. The number of hydrogen-bond acceptors (Lipinski definition) is 5. The van der Waals surface area contributed by atoms with Gasteiger partial charge in [0.2, 0.25) is 5.91 Å². The number of rotatable bonds is 5. The topological polar surface area (TPSA) is 107 Å². The van der Waals surface area contributed by atoms with Crippen molar-refractivity contribution in [3.8, 4) is 0 Å². The van der Waals surface area contributed by atoms with Crippen LogP contribution in [0.2, 0.25) is 5.02 Å². The van der Waals surface area contributed by atoms with Gasteiger partial charge in [0.1, 0.15) is 5.82 Å². The second-order valence-corrected chi connectivity index (χ2v) is 8.35. The molecule has 9 heteroatoms. The molecule has 1 atom stereocenters. The number of carbonyl (C=O) groups excluding carboxylic acids is 2. The molecule has 0 unspecified atom stereocenters. The molecule has 31 heavy (non-hydrogen) atoms. The van der Waals surface area contributed by atoms with Gasteiger partial charge in [-0.15, -0.1) is 0 Å². The van der Waals surface area contributed by atoms with E-state index in [0.29, 0.717) is 41.5 Å². The van der Waals surface area contributed by atoms with Crippen molar-refractivity contribution in [1.29, 1.82) is 0 Å². The zero-order valence-corrected chi connectivity index (χ0v) is 18.4. The standard InChI is InChI=1S/C22H25ClN6O2/c1-13-15(21(24)31)12-25-22(26-13)18-5-3-4-10-29(18)20(30)9-8-19-27-16-11-14(23)6-7-17(16)28(19)2/h6-7,11-12,18H,3-5,8-10H2,1-2H3,(H2,24,31)/t18-/m0/s1. The van der Waals surface area contributed by atoms with E-state index < -0.39 is 5.91 Å². The number of nitrogens with two attached hydrogens (primary N) is 1. The molecule has 0 bridgehead atoms. The minimum absolute atomic E-state index is 0.0509. The number of primary amides is 1. The Morgan fingerprint density at radius 2 is 2.06 bits per heavy atom. The van der Waals surface area contributed by atoms with Gasteiger partial charge in [0, 0.05) is 37.7 Å². The number of carbonyl (C=O) groups is 2. The predicted molar refractivity (Wildman–Crippen MR) is 118 cm³/mol. The van der Waals surface area contributed by atoms with Gasteiger partial charge < -0.3 is 15.2 Å². The van der Waals surface area contributed by atoms with Gasteiger partial charge in [0.25, 0.3) is 5.91 Å². The Morgan fingerprint density at radius 1 is 1.26 bits per heavy atom. The fraction of sp³-hybridized carbons (Fsp3) is 0.409. The largest absolute Gasteiger partial charge is 0.365 e. The predicted octanol–water partition coefficient (Wildman–Crippen LogP) is 3.11. The van der Waals surface area contributed by atoms with Gasteiger partial charge in [0.05, 0.1) is 28.3 Å². The van der Waals surface area contributed by atoms with Crippen LogP contribution in [0.15, 0.2) is 24.4 Å². The maximum atomic E-state index is 13.1. The van der Waals surface area contributed by atoms with Gasteiger partial charge in [-0.05, 0) is 44.4 Å². The van der Waals surface area contributed by atoms with E-state index in [2.05, 4.69) is 15.0 Å². The lowest BCUT2D eigenvalue weighted by atomic mass is 10.00. The SMILES string of the molecule is Cc1nc([C@@H]2CCCCN2C(=O)CCc2nc3cc(Cl)ccc3n2C)ncc1C(N)=O. The van der Waals surface area contributed by atoms with Gasteiger partial charge in [-0.25, -0.2) is 15.0 Å². The average Bonchev–Trinajstić information content (AvgIpc) is 3.06. The second kappa shape index (κ2) is 8.63. The summed E-state index contributed by atoms with van der Waals surface area (Å²) in [5.74, 6) is 0.907. The maximum absolute atomic E-state index is 13.1. The summed E-state index contributed by atoms with van der Waals surface area (Å²) in [5, 5.41) is 0.641. The molecule has 1 fully saturated rings. The Morgan fingerprint density at radius 3 is 2.81 bits per heavy atom. The lowest BCUT2D eigenvalue weighted by molar-refractivity contribution is -0.135. The van der Waals surface area contributed by atoms with Crippen molar-refractivity contribution in [3.05, 3.63) is 52.3 Å². The normalized spacial score (nSPS) is 16.6. The molecule has 4 rings (SSSR count). The third-order valence-electron chi connectivity index (χ3n) is 5.88. The average molecular weight is 441 g/mol. The highest BCUT2D eigenvalue weighted by Crippen LogP contribution is 2.30. The van der Waals surface area contributed by atoms with E-state index in [0.717, 1.165) is 36.1 Å². The molecule has 162 valence electrons. The number of benzene rings is 1. The first-order chi connectivity index (χ1) is 14.8. The summed E-state index contributed by atoms with van der Waals surface area (Å²) in [7, 11) is 1.95. The molecule has 1 saturated heterocycles. The third-order valence-corrected chi connectivity index (χ3v) is 6.12. The smallest absolute Gasteiger partial charge is 0.252 e. The Labute approximate surface area is 185 Å². The number of aromatic nitrogens is 4. The second-order valence-electron chi connectivity index (χ2n) is 7.91. The summed E-state index contributed by atoms with van der Waals surface area (Å²) in [6, 6.07) is 5.41. The summed E-state index contributed by atoms with van der Waals surface area (Å²) in [4.78, 5) is 40.0. The van der Waals surface area contributed by atoms with Crippen LogP contribution < -0.4 is 5.73 Å². The number of aryl methyl sites for hydroxylation is 3. The number of fused-ring (bicyclic) bond motifs is 1. The first-order valence-corrected chi connectivity index (χ1v) is 10.8. The van der Waals surface area contributed by atoms with Gasteiger partial charge in [0.15, 0.2) is 5.82 Å². The summed E-state index contributed by atoms with van der Waals surface area (Å²) >= 11 is 6.07. The van der Waals surface area contributed by atoms with Gasteiger partial charge >= 0.3 is 0 Å². The van der Waals surface area contributed by atoms with Gasteiger partial charge in [-0.1, -0.05) is 11.6 Å². The highest BCUT2D eigenvalue weighted by Gasteiger charge is 2.30. The number of imidazole rings is 1. The number of piperidine rings is 1. The highest BCUT2D eigenvalue weighted by molar-refractivity contribution is 6.31. The number of hydrogen-bond donors (Lipinski definition) is 1. The Balaban J connectivity index is 1.51. The van der Waals surface area contributed by atoms with Crippen LogP contribution in [0.1, 0.15) is 59.4 Å². The summed E-state index contributed by atoms with van der Waals surface area (Å²) in [5.41, 5.74) is 8.02. The van der Waals surface area contributed by atoms with Crippen LogP contribution >= 0.6 is 11.6 Å². The lowest BCUT2D eigenvalue weighted by Gasteiger charge is -2.35. The number of likely N-dealkylation sites (tertiary alicyclic amines) is 1. The van der Waals surface area contributed by atoms with Crippen LogP contribution in [-0.4, -0.2) is 42.8 Å². The molecule has 0 spiro atoms. The first-order valence-electron chi connectivity index (χ1n) is 10.4. The van der Waals surface area contributed by atoms with E-state index in [1.807, 2.05) is 34.7 Å². The van der Waals surface area contributed by atoms with E-state index >= 15 is 0 Å². The van der Waals surface area contributed by atoms with Gasteiger partial charge in [-0.2, -0.15) is 0 Å². The number of amides is 2. The summed E-state index contributed by atoms with van der Waals surface area (Å²) < 4.78 is 2.00. The van der Waals surface area contributed by atoms with E-state index in [1.165, 1.54) is 6.20 Å². The van der Waals surface area contributed by atoms with Crippen molar-refractivity contribution in [3.63, 3.8) is 0 Å². The molecule has 1 aromatic carbocycles. The molecule has 2 aromatic heterocycles. The fourth-order valence-corrected chi connectivity index (χ4v) is 4.36. The zero-order chi connectivity index (χ0) is 22.1. The van der Waals surface area contributed by atoms with Crippen LogP contribution in [0.25, 0.3) is 11.0 Å². The third kappa shape index (κ3) is 4.25. The van der Waals surface area contributed by atoms with E-state index in [1.54, 1.807) is 6.92 Å². The van der Waals surface area contributed by atoms with Crippen molar-refractivity contribution in [2.24, 2.45) is 12.8 Å². The van der Waals surface area contributed by atoms with E-state index in [9.17, 15) is 9.59 Å². The van der Waals surface area contributed by atoms with Gasteiger partial charge in [-0.3, -0.25) is 9.59 Å². The minimum atomic E-state index is -0.552. The molecule has 3 aromatic rings. The van der Waals surface area contributed by atoms with Crippen LogP contribution in [-0.2, 0) is 18.3 Å². The number of nitrogens with zero attached hydrogens (tertiary/aromatic N) is 5. The first kappa shape index (κ1) is 21.2. The Kier molecular flexibility index (Phi) is 5.91. The van der Waals surface area contributed by atoms with E-state index in [-0.39, 0.29) is 11.9 Å². The molecule has 2 amide bonds. The molecule has 2 N–H and O–H groups in total. The monoisotopic (exact) mass is 440 g/mol. The molecule has 1 aliphatic heterocycles. The highest BCUT2D eigenvalue weighted by atomic mass is 35.5. The fourth-order valence-electron chi connectivity index (χ4n) is 4.19. The lowest BCUT2D eigenvalue weighted by Crippen LogP contribution is -2.39. The molecule has 0 aliphatic carbocycles. The van der Waals surface area contributed by atoms with Crippen molar-refractivity contribution in [2.45, 2.75) is 45.1 Å². The van der Waals surface area contributed by atoms with Crippen LogP contribution in [0, 0.1) is 6.92 Å². The molecule has 0 saturated carbocycles. The summed E-state index contributed by atoms with van der Waals surface area (Å²) in [6.45, 7) is 2.40. The van der Waals surface area contributed by atoms with Crippen molar-refractivity contribution >= 4 is 34.4 Å². The van der Waals surface area contributed by atoms with Crippen LogP contribution in [0.5, 0.6) is 0 Å². The maximum Gasteiger partial charge on any atom is 0.252 e. The van der Waals surface area contributed by atoms with Crippen molar-refractivity contribution in [1.82, 2.24) is 24.4 Å².